The summed E-state index contributed by atoms with van der Waals surface area (Å²) in [6, 6.07) is 5.78. The molecule has 0 N–H and O–H groups in total. The van der Waals surface area contributed by atoms with Gasteiger partial charge in [-0.1, -0.05) is 0 Å². The molecule has 3 heterocycles. The van der Waals surface area contributed by atoms with Crippen molar-refractivity contribution in [3.05, 3.63) is 47.2 Å². The molecule has 5 nitrogen and oxygen atoms in total. The Hall–Kier alpha value is -2.21. The van der Waals surface area contributed by atoms with Crippen molar-refractivity contribution in [2.75, 3.05) is 13.1 Å². The standard InChI is InChI=1S/C17H18N4OS/c1-20-9-14(8-19-20)13-3-2-6-21(10-13)17(22)12-4-5-15-16(7-12)23-11-18-15/h4-5,7-9,11,13H,2-3,6,10H2,1H3. The van der Waals surface area contributed by atoms with E-state index in [4.69, 9.17) is 0 Å². The summed E-state index contributed by atoms with van der Waals surface area (Å²) >= 11 is 1.57. The zero-order valence-electron chi connectivity index (χ0n) is 13.0. The lowest BCUT2D eigenvalue weighted by Crippen LogP contribution is -2.39. The molecular weight excluding hydrogens is 308 g/mol. The number of piperidine rings is 1. The van der Waals surface area contributed by atoms with Gasteiger partial charge in [-0.25, -0.2) is 4.98 Å². The third-order valence-electron chi connectivity index (χ3n) is 4.48. The van der Waals surface area contributed by atoms with Crippen LogP contribution < -0.4 is 0 Å². The highest BCUT2D eigenvalue weighted by molar-refractivity contribution is 7.16. The van der Waals surface area contributed by atoms with Crippen LogP contribution in [0, 0.1) is 0 Å². The number of hydrogen-bond donors (Lipinski definition) is 0. The minimum absolute atomic E-state index is 0.119. The van der Waals surface area contributed by atoms with Crippen LogP contribution in [0.5, 0.6) is 0 Å². The first kappa shape index (κ1) is 14.4. The van der Waals surface area contributed by atoms with Crippen LogP contribution in [-0.4, -0.2) is 38.7 Å². The van der Waals surface area contributed by atoms with E-state index in [1.165, 1.54) is 5.56 Å². The molecule has 1 aromatic carbocycles. The number of likely N-dealkylation sites (tertiary alicyclic amines) is 1. The molecule has 0 spiro atoms. The van der Waals surface area contributed by atoms with Gasteiger partial charge in [0, 0.05) is 37.8 Å². The van der Waals surface area contributed by atoms with Crippen LogP contribution in [0.1, 0.15) is 34.7 Å². The Labute approximate surface area is 138 Å². The lowest BCUT2D eigenvalue weighted by Gasteiger charge is -2.32. The van der Waals surface area contributed by atoms with Crippen LogP contribution >= 0.6 is 11.3 Å². The van der Waals surface area contributed by atoms with Crippen molar-refractivity contribution in [2.24, 2.45) is 7.05 Å². The van der Waals surface area contributed by atoms with Crippen molar-refractivity contribution >= 4 is 27.5 Å². The molecule has 1 saturated heterocycles. The quantitative estimate of drug-likeness (QED) is 0.727. The number of thiazole rings is 1. The molecular formula is C17H18N4OS. The van der Waals surface area contributed by atoms with E-state index in [1.807, 2.05) is 46.5 Å². The summed E-state index contributed by atoms with van der Waals surface area (Å²) < 4.78 is 2.89. The summed E-state index contributed by atoms with van der Waals surface area (Å²) in [7, 11) is 1.93. The van der Waals surface area contributed by atoms with Crippen molar-refractivity contribution in [3.8, 4) is 0 Å². The molecule has 0 bridgehead atoms. The number of rotatable bonds is 2. The van der Waals surface area contributed by atoms with Gasteiger partial charge < -0.3 is 4.90 Å². The monoisotopic (exact) mass is 326 g/mol. The van der Waals surface area contributed by atoms with Gasteiger partial charge in [0.2, 0.25) is 0 Å². The molecule has 4 rings (SSSR count). The molecule has 1 amide bonds. The fourth-order valence-electron chi connectivity index (χ4n) is 3.26. The minimum Gasteiger partial charge on any atom is -0.338 e. The van der Waals surface area contributed by atoms with Crippen molar-refractivity contribution < 1.29 is 4.79 Å². The Kier molecular flexibility index (Phi) is 3.61. The van der Waals surface area contributed by atoms with Gasteiger partial charge >= 0.3 is 0 Å². The minimum atomic E-state index is 0.119. The molecule has 3 aromatic rings. The van der Waals surface area contributed by atoms with Crippen molar-refractivity contribution in [3.63, 3.8) is 0 Å². The molecule has 1 unspecified atom stereocenters. The number of aryl methyl sites for hydroxylation is 1. The largest absolute Gasteiger partial charge is 0.338 e. The Bertz CT molecular complexity index is 853. The number of fused-ring (bicyclic) bond motifs is 1. The third-order valence-corrected chi connectivity index (χ3v) is 5.27. The van der Waals surface area contributed by atoms with Crippen molar-refractivity contribution in [2.45, 2.75) is 18.8 Å². The van der Waals surface area contributed by atoms with Gasteiger partial charge in [-0.3, -0.25) is 9.48 Å². The van der Waals surface area contributed by atoms with Crippen LogP contribution in [0.2, 0.25) is 0 Å². The van der Waals surface area contributed by atoms with Gasteiger partial charge in [0.15, 0.2) is 0 Å². The fourth-order valence-corrected chi connectivity index (χ4v) is 3.97. The van der Waals surface area contributed by atoms with Gasteiger partial charge in [0.25, 0.3) is 5.91 Å². The summed E-state index contributed by atoms with van der Waals surface area (Å²) in [5.74, 6) is 0.502. The van der Waals surface area contributed by atoms with Gasteiger partial charge in [-0.2, -0.15) is 5.10 Å². The first-order chi connectivity index (χ1) is 11.2. The highest BCUT2D eigenvalue weighted by atomic mass is 32.1. The number of amides is 1. The average molecular weight is 326 g/mol. The molecule has 1 atom stereocenters. The summed E-state index contributed by atoms with van der Waals surface area (Å²) in [4.78, 5) is 19.1. The zero-order valence-corrected chi connectivity index (χ0v) is 13.8. The van der Waals surface area contributed by atoms with E-state index in [9.17, 15) is 4.79 Å². The molecule has 1 aliphatic rings. The molecule has 23 heavy (non-hydrogen) atoms. The Morgan fingerprint density at radius 2 is 2.30 bits per heavy atom. The second-order valence-electron chi connectivity index (χ2n) is 6.07. The average Bonchev–Trinajstić information content (AvgIpc) is 3.22. The number of benzene rings is 1. The van der Waals surface area contributed by atoms with Gasteiger partial charge in [-0.05, 0) is 36.6 Å². The topological polar surface area (TPSA) is 51.0 Å². The maximum Gasteiger partial charge on any atom is 0.253 e. The van der Waals surface area contributed by atoms with Crippen LogP contribution in [0.4, 0.5) is 0 Å². The highest BCUT2D eigenvalue weighted by Crippen LogP contribution is 2.28. The molecule has 2 aromatic heterocycles. The maximum atomic E-state index is 12.8. The summed E-state index contributed by atoms with van der Waals surface area (Å²) in [6.07, 6.45) is 6.13. The normalized spacial score (nSPS) is 18.5. The van der Waals surface area contributed by atoms with Crippen molar-refractivity contribution in [1.29, 1.82) is 0 Å². The zero-order chi connectivity index (χ0) is 15.8. The SMILES string of the molecule is Cn1cc(C2CCCN(C(=O)c3ccc4ncsc4c3)C2)cn1. The first-order valence-corrected chi connectivity index (χ1v) is 8.70. The van der Waals surface area contributed by atoms with Crippen molar-refractivity contribution in [1.82, 2.24) is 19.7 Å². The fraction of sp³-hybridized carbons (Fsp3) is 0.353. The molecule has 0 saturated carbocycles. The van der Waals surface area contributed by atoms with E-state index in [0.717, 1.165) is 41.7 Å². The van der Waals surface area contributed by atoms with E-state index in [-0.39, 0.29) is 5.91 Å². The van der Waals surface area contributed by atoms with E-state index in [2.05, 4.69) is 16.3 Å². The number of aromatic nitrogens is 3. The second-order valence-corrected chi connectivity index (χ2v) is 6.96. The van der Waals surface area contributed by atoms with Gasteiger partial charge in [-0.15, -0.1) is 11.3 Å². The van der Waals surface area contributed by atoms with Crippen LogP contribution in [0.15, 0.2) is 36.1 Å². The number of carbonyl (C=O) groups is 1. The Morgan fingerprint density at radius 3 is 3.13 bits per heavy atom. The molecule has 0 aliphatic carbocycles. The van der Waals surface area contributed by atoms with Gasteiger partial charge in [0.05, 0.1) is 21.9 Å². The van der Waals surface area contributed by atoms with E-state index in [0.29, 0.717) is 5.92 Å². The van der Waals surface area contributed by atoms with Crippen LogP contribution in [0.25, 0.3) is 10.2 Å². The smallest absolute Gasteiger partial charge is 0.253 e. The van der Waals surface area contributed by atoms with Gasteiger partial charge in [0.1, 0.15) is 0 Å². The van der Waals surface area contributed by atoms with E-state index >= 15 is 0 Å². The third kappa shape index (κ3) is 2.74. The van der Waals surface area contributed by atoms with E-state index in [1.54, 1.807) is 11.3 Å². The second kappa shape index (κ2) is 5.77. The Balaban J connectivity index is 1.55. The lowest BCUT2D eigenvalue weighted by atomic mass is 9.92. The van der Waals surface area contributed by atoms with E-state index < -0.39 is 0 Å². The highest BCUT2D eigenvalue weighted by Gasteiger charge is 2.26. The number of hydrogen-bond acceptors (Lipinski definition) is 4. The summed E-state index contributed by atoms with van der Waals surface area (Å²) in [5.41, 5.74) is 4.76. The van der Waals surface area contributed by atoms with Crippen LogP contribution in [0.3, 0.4) is 0 Å². The lowest BCUT2D eigenvalue weighted by molar-refractivity contribution is 0.0707. The number of nitrogens with zero attached hydrogens (tertiary/aromatic N) is 4. The molecule has 0 radical (unpaired) electrons. The predicted octanol–water partition coefficient (Wildman–Crippen LogP) is 3.05. The van der Waals surface area contributed by atoms with Crippen LogP contribution in [-0.2, 0) is 7.05 Å². The predicted molar refractivity (Wildman–Crippen MR) is 90.7 cm³/mol. The Morgan fingerprint density at radius 1 is 1.39 bits per heavy atom. The molecule has 118 valence electrons. The molecule has 1 fully saturated rings. The summed E-state index contributed by atoms with van der Waals surface area (Å²) in [6.45, 7) is 1.60. The maximum absolute atomic E-state index is 12.8. The molecule has 1 aliphatic heterocycles. The summed E-state index contributed by atoms with van der Waals surface area (Å²) in [5, 5.41) is 4.26. The molecule has 6 heteroatoms. The number of carbonyl (C=O) groups excluding carboxylic acids is 1. The first-order valence-electron chi connectivity index (χ1n) is 7.82.